The van der Waals surface area contributed by atoms with Crippen LogP contribution in [0.3, 0.4) is 0 Å². The Kier molecular flexibility index (Phi) is 5.57. The van der Waals surface area contributed by atoms with E-state index >= 15 is 0 Å². The molecule has 1 unspecified atom stereocenters. The molecule has 0 saturated heterocycles. The highest BCUT2D eigenvalue weighted by molar-refractivity contribution is 7.29. The first-order chi connectivity index (χ1) is 5.13. The SMILES string of the molecule is Cc1ccccc1.O=[P+]([O-])O.[HH]. The van der Waals surface area contributed by atoms with E-state index in [9.17, 15) is 0 Å². The lowest BCUT2D eigenvalue weighted by atomic mass is 10.2. The zero-order valence-corrected chi connectivity index (χ0v) is 6.99. The molecule has 0 heterocycles. The molecule has 11 heavy (non-hydrogen) atoms. The van der Waals surface area contributed by atoms with Crippen LogP contribution in [0.15, 0.2) is 30.3 Å². The van der Waals surface area contributed by atoms with Gasteiger partial charge in [0.25, 0.3) is 0 Å². The van der Waals surface area contributed by atoms with Crippen LogP contribution >= 0.6 is 8.25 Å². The number of rotatable bonds is 0. The van der Waals surface area contributed by atoms with Crippen molar-refractivity contribution in [3.63, 3.8) is 0 Å². The van der Waals surface area contributed by atoms with Crippen LogP contribution < -0.4 is 4.89 Å². The summed E-state index contributed by atoms with van der Waals surface area (Å²) in [7, 11) is -3.12. The smallest absolute Gasteiger partial charge is 0.485 e. The summed E-state index contributed by atoms with van der Waals surface area (Å²) in [5, 5.41) is 0. The average molecular weight is 174 g/mol. The molecule has 0 radical (unpaired) electrons. The van der Waals surface area contributed by atoms with E-state index in [4.69, 9.17) is 14.4 Å². The third-order valence-corrected chi connectivity index (χ3v) is 0.940. The first-order valence-electron chi connectivity index (χ1n) is 2.98. The maximum Gasteiger partial charge on any atom is 0.485 e. The lowest BCUT2D eigenvalue weighted by molar-refractivity contribution is -0.180. The van der Waals surface area contributed by atoms with E-state index in [1.165, 1.54) is 5.56 Å². The lowest BCUT2D eigenvalue weighted by Gasteiger charge is -1.82. The zero-order chi connectivity index (χ0) is 8.69. The Morgan fingerprint density at radius 3 is 2.00 bits per heavy atom. The molecule has 0 aliphatic carbocycles. The standard InChI is InChI=1S/C7H8.HO3P.H2/c1-7-5-3-2-4-6-7;1-4(2)3;/h2-6H,1H3;(H,1,2,3);1H. The highest BCUT2D eigenvalue weighted by atomic mass is 31.1. The fraction of sp³-hybridized carbons (Fsp3) is 0.143. The Balaban J connectivity index is 0. The molecule has 0 spiro atoms. The maximum absolute atomic E-state index is 8.59. The number of hydrogen-bond donors (Lipinski definition) is 1. The zero-order valence-electron chi connectivity index (χ0n) is 6.10. The molecule has 0 amide bonds. The highest BCUT2D eigenvalue weighted by Crippen LogP contribution is 1.92. The van der Waals surface area contributed by atoms with Gasteiger partial charge in [0.2, 0.25) is 0 Å². The van der Waals surface area contributed by atoms with Gasteiger partial charge in [-0.05, 0) is 11.5 Å². The van der Waals surface area contributed by atoms with E-state index in [-0.39, 0.29) is 1.43 Å². The highest BCUT2D eigenvalue weighted by Gasteiger charge is 1.73. The van der Waals surface area contributed by atoms with Gasteiger partial charge < -0.3 is 4.89 Å². The minimum Gasteiger partial charge on any atom is -0.567 e. The molecular formula is C7H11O3P. The predicted molar refractivity (Wildman–Crippen MR) is 43.1 cm³/mol. The van der Waals surface area contributed by atoms with E-state index in [0.717, 1.165) is 0 Å². The summed E-state index contributed by atoms with van der Waals surface area (Å²) in [6, 6.07) is 10.3. The van der Waals surface area contributed by atoms with Crippen molar-refractivity contribution in [2.24, 2.45) is 0 Å². The van der Waals surface area contributed by atoms with Gasteiger partial charge >= 0.3 is 8.25 Å². The summed E-state index contributed by atoms with van der Waals surface area (Å²) in [5.41, 5.74) is 1.32. The minimum atomic E-state index is -3.12. The van der Waals surface area contributed by atoms with Crippen LogP contribution in [0.5, 0.6) is 0 Å². The van der Waals surface area contributed by atoms with Crippen molar-refractivity contribution in [2.45, 2.75) is 6.92 Å². The summed E-state index contributed by atoms with van der Waals surface area (Å²) in [6.45, 7) is 2.08. The van der Waals surface area contributed by atoms with Crippen LogP contribution in [-0.4, -0.2) is 4.89 Å². The Labute approximate surface area is 67.8 Å². The third kappa shape index (κ3) is 9.24. The van der Waals surface area contributed by atoms with Gasteiger partial charge in [-0.25, -0.2) is 0 Å². The van der Waals surface area contributed by atoms with Crippen LogP contribution in [0, 0.1) is 6.92 Å². The second-order valence-electron chi connectivity index (χ2n) is 1.89. The quantitative estimate of drug-likeness (QED) is 0.602. The van der Waals surface area contributed by atoms with E-state index in [0.29, 0.717) is 0 Å². The fourth-order valence-corrected chi connectivity index (χ4v) is 0.534. The Morgan fingerprint density at radius 2 is 1.82 bits per heavy atom. The summed E-state index contributed by atoms with van der Waals surface area (Å²) in [6.07, 6.45) is 0. The molecule has 1 N–H and O–H groups in total. The van der Waals surface area contributed by atoms with Crippen molar-refractivity contribution in [3.8, 4) is 0 Å². The first kappa shape index (κ1) is 10.2. The summed E-state index contributed by atoms with van der Waals surface area (Å²) >= 11 is 0. The van der Waals surface area contributed by atoms with Crippen molar-refractivity contribution >= 4 is 8.25 Å². The van der Waals surface area contributed by atoms with E-state index in [1.807, 2.05) is 18.2 Å². The summed E-state index contributed by atoms with van der Waals surface area (Å²) in [5.74, 6) is 0. The van der Waals surface area contributed by atoms with Crippen molar-refractivity contribution in [1.82, 2.24) is 0 Å². The molecule has 62 valence electrons. The molecule has 3 nitrogen and oxygen atoms in total. The van der Waals surface area contributed by atoms with E-state index < -0.39 is 8.25 Å². The van der Waals surface area contributed by atoms with Gasteiger partial charge in [0.05, 0.1) is 0 Å². The molecule has 0 aliphatic rings. The average Bonchev–Trinajstić information content (AvgIpc) is 1.87. The molecule has 0 saturated carbocycles. The molecule has 0 bridgehead atoms. The lowest BCUT2D eigenvalue weighted by Crippen LogP contribution is -1.78. The van der Waals surface area contributed by atoms with Crippen molar-refractivity contribution < 1.29 is 15.8 Å². The molecule has 1 aromatic rings. The molecule has 0 aromatic heterocycles. The molecule has 4 heteroatoms. The van der Waals surface area contributed by atoms with Gasteiger partial charge in [0.1, 0.15) is 0 Å². The van der Waals surface area contributed by atoms with Crippen LogP contribution in [0.2, 0.25) is 0 Å². The second-order valence-corrected chi connectivity index (χ2v) is 2.37. The van der Waals surface area contributed by atoms with Gasteiger partial charge in [-0.1, -0.05) is 35.9 Å². The molecule has 0 aliphatic heterocycles. The molecule has 1 aromatic carbocycles. The summed E-state index contributed by atoms with van der Waals surface area (Å²) < 4.78 is 8.59. The van der Waals surface area contributed by atoms with Crippen molar-refractivity contribution in [1.29, 1.82) is 0 Å². The van der Waals surface area contributed by atoms with Crippen LogP contribution in [0.1, 0.15) is 6.99 Å². The van der Waals surface area contributed by atoms with Gasteiger partial charge in [0.15, 0.2) is 0 Å². The topological polar surface area (TPSA) is 60.4 Å². The Morgan fingerprint density at radius 1 is 1.45 bits per heavy atom. The van der Waals surface area contributed by atoms with E-state index in [1.54, 1.807) is 0 Å². The van der Waals surface area contributed by atoms with Gasteiger partial charge in [-0.2, -0.15) is 4.89 Å². The van der Waals surface area contributed by atoms with Crippen LogP contribution in [0.4, 0.5) is 0 Å². The molecular weight excluding hydrogens is 163 g/mol. The van der Waals surface area contributed by atoms with Gasteiger partial charge in [-0.3, -0.25) is 0 Å². The minimum absolute atomic E-state index is 0. The summed E-state index contributed by atoms with van der Waals surface area (Å²) in [4.78, 5) is 15.6. The Hall–Kier alpha value is -0.760. The number of hydrogen-bond acceptors (Lipinski definition) is 2. The molecule has 0 fully saturated rings. The second kappa shape index (κ2) is 5.98. The molecule has 1 rings (SSSR count). The van der Waals surface area contributed by atoms with Crippen molar-refractivity contribution in [3.05, 3.63) is 35.9 Å². The Bertz CT molecular complexity index is 211. The third-order valence-electron chi connectivity index (χ3n) is 0.940. The molecule has 1 atom stereocenters. The van der Waals surface area contributed by atoms with Crippen LogP contribution in [-0.2, 0) is 4.57 Å². The maximum atomic E-state index is 8.59. The monoisotopic (exact) mass is 174 g/mol. The van der Waals surface area contributed by atoms with Gasteiger partial charge in [-0.15, -0.1) is 0 Å². The normalized spacial score (nSPS) is 9.55. The van der Waals surface area contributed by atoms with Gasteiger partial charge in [0, 0.05) is 1.43 Å². The predicted octanol–water partition coefficient (Wildman–Crippen LogP) is 1.24. The first-order valence-corrected chi connectivity index (χ1v) is 4.11. The number of aryl methyl sites for hydroxylation is 1. The van der Waals surface area contributed by atoms with E-state index in [2.05, 4.69) is 19.1 Å². The fourth-order valence-electron chi connectivity index (χ4n) is 0.534. The van der Waals surface area contributed by atoms with Crippen LogP contribution in [0.25, 0.3) is 0 Å². The number of benzene rings is 1. The van der Waals surface area contributed by atoms with Crippen molar-refractivity contribution in [2.75, 3.05) is 0 Å². The largest absolute Gasteiger partial charge is 0.567 e.